The maximum Gasteiger partial charge on any atom is 0.309 e. The average molecular weight is 382 g/mol. The van der Waals surface area contributed by atoms with Gasteiger partial charge in [0.15, 0.2) is 6.10 Å². The molecule has 0 aromatic heterocycles. The molecule has 7 heteroatoms. The van der Waals surface area contributed by atoms with Gasteiger partial charge in [0.2, 0.25) is 5.78 Å². The number of rotatable bonds is 6. The predicted molar refractivity (Wildman–Crippen MR) is 104 cm³/mol. The molecule has 28 heavy (non-hydrogen) atoms. The highest BCUT2D eigenvalue weighted by Gasteiger charge is 2.31. The first-order valence-corrected chi connectivity index (χ1v) is 9.25. The summed E-state index contributed by atoms with van der Waals surface area (Å²) in [6, 6.07) is 15.3. The molecule has 1 fully saturated rings. The zero-order valence-electron chi connectivity index (χ0n) is 15.6. The van der Waals surface area contributed by atoms with Gasteiger partial charge in [0.25, 0.3) is 5.69 Å². The molecule has 1 heterocycles. The Morgan fingerprint density at radius 2 is 1.68 bits per heavy atom. The molecule has 0 amide bonds. The first kappa shape index (κ1) is 19.5. The Labute approximate surface area is 163 Å². The summed E-state index contributed by atoms with van der Waals surface area (Å²) < 4.78 is 5.39. The van der Waals surface area contributed by atoms with E-state index < -0.39 is 11.0 Å². The summed E-state index contributed by atoms with van der Waals surface area (Å²) in [6.07, 6.45) is 0.206. The number of carbonyl (C=O) groups is 2. The Morgan fingerprint density at radius 3 is 2.32 bits per heavy atom. The Kier molecular flexibility index (Phi) is 6.03. The van der Waals surface area contributed by atoms with Crippen molar-refractivity contribution in [2.45, 2.75) is 25.9 Å². The van der Waals surface area contributed by atoms with Gasteiger partial charge in [0.05, 0.1) is 10.8 Å². The number of ether oxygens (including phenoxy) is 1. The van der Waals surface area contributed by atoms with Crippen molar-refractivity contribution in [2.75, 3.05) is 18.0 Å². The van der Waals surface area contributed by atoms with Crippen molar-refractivity contribution >= 4 is 23.1 Å². The zero-order valence-corrected chi connectivity index (χ0v) is 15.6. The van der Waals surface area contributed by atoms with Crippen LogP contribution < -0.4 is 4.90 Å². The summed E-state index contributed by atoms with van der Waals surface area (Å²) in [5, 5.41) is 11.2. The van der Waals surface area contributed by atoms with Crippen LogP contribution in [0.15, 0.2) is 54.6 Å². The molecule has 2 aromatic carbocycles. The molecule has 0 radical (unpaired) electrons. The number of carbonyl (C=O) groups excluding carboxylic acids is 2. The normalized spacial score (nSPS) is 15.7. The quantitative estimate of drug-likeness (QED) is 0.328. The largest absolute Gasteiger partial charge is 0.454 e. The van der Waals surface area contributed by atoms with Crippen LogP contribution in [0.5, 0.6) is 0 Å². The Hall–Kier alpha value is -3.22. The molecule has 2 aromatic rings. The standard InChI is InChI=1S/C21H22N2O5/c1-15(20(24)16-7-3-2-4-8-16)28-21(25)17-11-13-22(14-12-17)18-9-5-6-10-19(18)23(26)27/h2-10,15,17H,11-14H2,1H3/t15-/m0/s1. The van der Waals surface area contributed by atoms with Crippen LogP contribution >= 0.6 is 0 Å². The third-order valence-corrected chi connectivity index (χ3v) is 4.97. The van der Waals surface area contributed by atoms with Crippen LogP contribution in [0.3, 0.4) is 0 Å². The zero-order chi connectivity index (χ0) is 20.1. The molecule has 0 spiro atoms. The van der Waals surface area contributed by atoms with Gasteiger partial charge in [-0.1, -0.05) is 42.5 Å². The third kappa shape index (κ3) is 4.36. The molecule has 0 aliphatic carbocycles. The molecule has 0 saturated carbocycles. The number of ketones is 1. The van der Waals surface area contributed by atoms with E-state index >= 15 is 0 Å². The number of benzene rings is 2. The van der Waals surface area contributed by atoms with Gasteiger partial charge in [-0.2, -0.15) is 0 Å². The van der Waals surface area contributed by atoms with Crippen LogP contribution in [0.1, 0.15) is 30.1 Å². The number of para-hydroxylation sites is 2. The van der Waals surface area contributed by atoms with Gasteiger partial charge >= 0.3 is 5.97 Å². The highest BCUT2D eigenvalue weighted by atomic mass is 16.6. The molecule has 7 nitrogen and oxygen atoms in total. The van der Waals surface area contributed by atoms with Crippen molar-refractivity contribution in [3.05, 3.63) is 70.3 Å². The lowest BCUT2D eigenvalue weighted by atomic mass is 9.96. The average Bonchev–Trinajstić information content (AvgIpc) is 2.73. The molecular formula is C21H22N2O5. The number of hydrogen-bond donors (Lipinski definition) is 0. The van der Waals surface area contributed by atoms with Crippen LogP contribution in [0.25, 0.3) is 0 Å². The van der Waals surface area contributed by atoms with Crippen molar-refractivity contribution in [3.8, 4) is 0 Å². The van der Waals surface area contributed by atoms with Crippen LogP contribution in [-0.2, 0) is 9.53 Å². The Morgan fingerprint density at radius 1 is 1.07 bits per heavy atom. The number of Topliss-reactive ketones (excluding diaryl/α,β-unsaturated/α-hetero) is 1. The summed E-state index contributed by atoms with van der Waals surface area (Å²) in [5.74, 6) is -0.935. The first-order chi connectivity index (χ1) is 13.5. The predicted octanol–water partition coefficient (Wildman–Crippen LogP) is 3.63. The molecule has 0 N–H and O–H groups in total. The molecule has 3 rings (SSSR count). The van der Waals surface area contributed by atoms with Crippen molar-refractivity contribution in [2.24, 2.45) is 5.92 Å². The van der Waals surface area contributed by atoms with Crippen molar-refractivity contribution < 1.29 is 19.2 Å². The molecule has 1 saturated heterocycles. The number of hydrogen-bond acceptors (Lipinski definition) is 6. The molecule has 1 atom stereocenters. The van der Waals surface area contributed by atoms with E-state index in [-0.39, 0.29) is 23.4 Å². The smallest absolute Gasteiger partial charge is 0.309 e. The van der Waals surface area contributed by atoms with E-state index in [2.05, 4.69) is 0 Å². The summed E-state index contributed by atoms with van der Waals surface area (Å²) in [7, 11) is 0. The van der Waals surface area contributed by atoms with Crippen LogP contribution in [0.2, 0.25) is 0 Å². The van der Waals surface area contributed by atoms with Gasteiger partial charge in [-0.25, -0.2) is 0 Å². The first-order valence-electron chi connectivity index (χ1n) is 9.25. The van der Waals surface area contributed by atoms with E-state index in [0.29, 0.717) is 37.2 Å². The van der Waals surface area contributed by atoms with E-state index in [1.54, 1.807) is 49.4 Å². The van der Waals surface area contributed by atoms with Crippen molar-refractivity contribution in [1.29, 1.82) is 0 Å². The van der Waals surface area contributed by atoms with Gasteiger partial charge in [-0.3, -0.25) is 19.7 Å². The van der Waals surface area contributed by atoms with E-state index in [0.717, 1.165) is 0 Å². The molecule has 1 aliphatic heterocycles. The third-order valence-electron chi connectivity index (χ3n) is 4.97. The van der Waals surface area contributed by atoms with Crippen LogP contribution in [0.4, 0.5) is 11.4 Å². The summed E-state index contributed by atoms with van der Waals surface area (Å²) in [4.78, 5) is 37.5. The van der Waals surface area contributed by atoms with E-state index in [1.807, 2.05) is 11.0 Å². The summed E-state index contributed by atoms with van der Waals surface area (Å²) >= 11 is 0. The number of esters is 1. The molecular weight excluding hydrogens is 360 g/mol. The lowest BCUT2D eigenvalue weighted by Gasteiger charge is -2.32. The summed E-state index contributed by atoms with van der Waals surface area (Å²) in [6.45, 7) is 2.62. The summed E-state index contributed by atoms with van der Waals surface area (Å²) in [5.41, 5.74) is 1.13. The second-order valence-electron chi connectivity index (χ2n) is 6.82. The van der Waals surface area contributed by atoms with Gasteiger partial charge in [-0.05, 0) is 25.8 Å². The van der Waals surface area contributed by atoms with Gasteiger partial charge in [0.1, 0.15) is 5.69 Å². The highest BCUT2D eigenvalue weighted by Crippen LogP contribution is 2.31. The van der Waals surface area contributed by atoms with Crippen LogP contribution in [0, 0.1) is 16.0 Å². The topological polar surface area (TPSA) is 89.8 Å². The second kappa shape index (κ2) is 8.65. The fourth-order valence-corrected chi connectivity index (χ4v) is 3.40. The molecule has 0 bridgehead atoms. The molecule has 146 valence electrons. The molecule has 0 unspecified atom stereocenters. The van der Waals surface area contributed by atoms with E-state index in [1.165, 1.54) is 6.07 Å². The minimum absolute atomic E-state index is 0.0607. The van der Waals surface area contributed by atoms with E-state index in [9.17, 15) is 19.7 Å². The Balaban J connectivity index is 1.57. The van der Waals surface area contributed by atoms with Gasteiger partial charge in [0, 0.05) is 24.7 Å². The number of piperidine rings is 1. The van der Waals surface area contributed by atoms with Crippen LogP contribution in [-0.4, -0.2) is 35.9 Å². The van der Waals surface area contributed by atoms with Crippen molar-refractivity contribution in [1.82, 2.24) is 0 Å². The SMILES string of the molecule is C[C@H](OC(=O)C1CCN(c2ccccc2[N+](=O)[O-])CC1)C(=O)c1ccccc1. The minimum Gasteiger partial charge on any atom is -0.454 e. The maximum atomic E-state index is 12.5. The van der Waals surface area contributed by atoms with E-state index in [4.69, 9.17) is 4.74 Å². The molecule has 1 aliphatic rings. The number of nitrogens with zero attached hydrogens (tertiary/aromatic N) is 2. The lowest BCUT2D eigenvalue weighted by Crippen LogP contribution is -2.38. The number of nitro groups is 1. The fraction of sp³-hybridized carbons (Fsp3) is 0.333. The maximum absolute atomic E-state index is 12.5. The second-order valence-corrected chi connectivity index (χ2v) is 6.82. The lowest BCUT2D eigenvalue weighted by molar-refractivity contribution is -0.384. The Bertz CT molecular complexity index is 860. The van der Waals surface area contributed by atoms with Gasteiger partial charge in [-0.15, -0.1) is 0 Å². The monoisotopic (exact) mass is 382 g/mol. The van der Waals surface area contributed by atoms with Gasteiger partial charge < -0.3 is 9.64 Å². The fourth-order valence-electron chi connectivity index (χ4n) is 3.40. The van der Waals surface area contributed by atoms with Crippen molar-refractivity contribution in [3.63, 3.8) is 0 Å². The number of anilines is 1. The minimum atomic E-state index is -0.844. The highest BCUT2D eigenvalue weighted by molar-refractivity contribution is 6.00. The number of nitro benzene ring substituents is 1.